The second kappa shape index (κ2) is 18.9. The third-order valence-corrected chi connectivity index (χ3v) is 10.9. The first kappa shape index (κ1) is 38.8. The molecule has 0 fully saturated rings. The second-order valence-electron chi connectivity index (χ2n) is 11.1. The van der Waals surface area contributed by atoms with Gasteiger partial charge in [0.05, 0.1) is 21.2 Å². The fourth-order valence-corrected chi connectivity index (χ4v) is 7.93. The number of tetrazole rings is 2. The maximum atomic E-state index is 12.1. The fraction of sp³-hybridized carbons (Fsp3) is 0.0556. The third-order valence-electron chi connectivity index (χ3n) is 7.52. The minimum atomic E-state index is -0.250. The standard InChI is InChI=1S/C18H12N6OS2.C10H6N2OS2.C8H7BrN4/c19-8-15-14(13-4-5-26-10-13)7-16(25)20-18(15)27-9-11-2-1-3-12(6-11)17-21-23-24-22-17;11-4-8-7(6-1-2-15-5-6)3-9(13)12-10(8)14;9-5-6-2-1-3-7(4-6)8-10-12-13-11-8/h1-7,10H,9H2,(H,20,25)(H,21,22,23,24);1-3,5H,(H2,12,13,14);1-4H,5H2,(H,10,11,12,13). The Morgan fingerprint density at radius 1 is 0.709 bits per heavy atom. The van der Waals surface area contributed by atoms with Gasteiger partial charge in [0.2, 0.25) is 22.8 Å². The average molecular weight is 866 g/mol. The summed E-state index contributed by atoms with van der Waals surface area (Å²) in [5.74, 6) is 1.74. The minimum absolute atomic E-state index is 0.224. The summed E-state index contributed by atoms with van der Waals surface area (Å²) in [6, 6.07) is 26.7. The number of hydrogen-bond donors (Lipinski definition) is 5. The molecule has 14 nitrogen and oxygen atoms in total. The highest BCUT2D eigenvalue weighted by molar-refractivity contribution is 9.08. The van der Waals surface area contributed by atoms with Crippen LogP contribution in [0.4, 0.5) is 0 Å². The number of nitriles is 2. The van der Waals surface area contributed by atoms with Gasteiger partial charge in [0.25, 0.3) is 0 Å². The van der Waals surface area contributed by atoms with E-state index >= 15 is 0 Å². The smallest absolute Gasteiger partial charge is 0.249 e. The van der Waals surface area contributed by atoms with Gasteiger partial charge in [-0.05, 0) is 78.5 Å². The van der Waals surface area contributed by atoms with Crippen molar-refractivity contribution in [2.24, 2.45) is 0 Å². The molecule has 0 radical (unpaired) electrons. The van der Waals surface area contributed by atoms with Crippen molar-refractivity contribution in [1.82, 2.24) is 51.2 Å². The molecule has 0 aliphatic carbocycles. The SMILES string of the molecule is BrCc1cccc(-c2nn[nH]n2)c1.N#Cc1c(-c2ccsc2)cc(=O)[nH]c1S.N#Cc1c(-c2ccsc2)cc(=O)[nH]c1SCc1cccc(-c2nn[nH]n2)c1. The summed E-state index contributed by atoms with van der Waals surface area (Å²) >= 11 is 11.9. The molecule has 19 heteroatoms. The lowest BCUT2D eigenvalue weighted by Gasteiger charge is -2.08. The van der Waals surface area contributed by atoms with Crippen molar-refractivity contribution in [3.8, 4) is 57.2 Å². The van der Waals surface area contributed by atoms with E-state index in [1.165, 1.54) is 52.1 Å². The zero-order valence-electron chi connectivity index (χ0n) is 28.1. The van der Waals surface area contributed by atoms with E-state index in [4.69, 9.17) is 5.26 Å². The molecule has 6 heterocycles. The molecule has 0 atom stereocenters. The number of rotatable bonds is 8. The zero-order valence-corrected chi connectivity index (χ0v) is 33.0. The number of alkyl halides is 1. The Morgan fingerprint density at radius 2 is 1.25 bits per heavy atom. The molecular weight excluding hydrogens is 841 g/mol. The predicted molar refractivity (Wildman–Crippen MR) is 219 cm³/mol. The molecule has 0 saturated carbocycles. The summed E-state index contributed by atoms with van der Waals surface area (Å²) in [5.41, 5.74) is 7.49. The maximum absolute atomic E-state index is 12.1. The summed E-state index contributed by atoms with van der Waals surface area (Å²) in [6.07, 6.45) is 0. The van der Waals surface area contributed by atoms with Gasteiger partial charge in [0.15, 0.2) is 0 Å². The molecule has 4 N–H and O–H groups in total. The van der Waals surface area contributed by atoms with Gasteiger partial charge in [-0.2, -0.15) is 43.6 Å². The highest BCUT2D eigenvalue weighted by Gasteiger charge is 2.14. The van der Waals surface area contributed by atoms with Gasteiger partial charge in [0, 0.05) is 45.5 Å². The normalized spacial score (nSPS) is 10.3. The lowest BCUT2D eigenvalue weighted by atomic mass is 10.1. The first-order valence-corrected chi connectivity index (χ1v) is 20.2. The number of thiophene rings is 2. The van der Waals surface area contributed by atoms with Crippen molar-refractivity contribution in [2.75, 3.05) is 0 Å². The van der Waals surface area contributed by atoms with Crippen LogP contribution in [0.2, 0.25) is 0 Å². The van der Waals surface area contributed by atoms with E-state index in [2.05, 4.69) is 85.8 Å². The topological polar surface area (TPSA) is 222 Å². The van der Waals surface area contributed by atoms with E-state index in [0.29, 0.717) is 49.7 Å². The van der Waals surface area contributed by atoms with Crippen molar-refractivity contribution in [1.29, 1.82) is 10.5 Å². The van der Waals surface area contributed by atoms with E-state index in [1.807, 2.05) is 88.3 Å². The van der Waals surface area contributed by atoms with E-state index in [1.54, 1.807) is 0 Å². The molecule has 8 rings (SSSR count). The number of thioether (sulfide) groups is 1. The molecule has 6 aromatic heterocycles. The molecule has 0 amide bonds. The molecule has 0 bridgehead atoms. The fourth-order valence-electron chi connectivity index (χ4n) is 5.02. The summed E-state index contributed by atoms with van der Waals surface area (Å²) in [6.45, 7) is 0. The molecule has 0 aliphatic heterocycles. The first-order chi connectivity index (χ1) is 26.9. The molecular formula is C36H25BrN12O2S4. The van der Waals surface area contributed by atoms with Gasteiger partial charge in [-0.1, -0.05) is 52.3 Å². The molecule has 272 valence electrons. The Morgan fingerprint density at radius 3 is 1.76 bits per heavy atom. The lowest BCUT2D eigenvalue weighted by molar-refractivity contribution is 0.881. The number of pyridine rings is 2. The van der Waals surface area contributed by atoms with Gasteiger partial charge < -0.3 is 9.97 Å². The van der Waals surface area contributed by atoms with Crippen LogP contribution in [0.25, 0.3) is 45.0 Å². The van der Waals surface area contributed by atoms with Crippen LogP contribution in [-0.4, -0.2) is 51.2 Å². The number of benzene rings is 2. The highest BCUT2D eigenvalue weighted by atomic mass is 79.9. The highest BCUT2D eigenvalue weighted by Crippen LogP contribution is 2.32. The van der Waals surface area contributed by atoms with Crippen molar-refractivity contribution in [3.63, 3.8) is 0 Å². The number of nitrogens with one attached hydrogen (secondary N) is 4. The molecule has 0 saturated heterocycles. The monoisotopic (exact) mass is 864 g/mol. The zero-order chi connectivity index (χ0) is 38.6. The van der Waals surface area contributed by atoms with Gasteiger partial charge in [-0.15, -0.1) is 44.8 Å². The van der Waals surface area contributed by atoms with E-state index < -0.39 is 0 Å². The summed E-state index contributed by atoms with van der Waals surface area (Å²) < 4.78 is 0. The van der Waals surface area contributed by atoms with Crippen LogP contribution in [-0.2, 0) is 11.1 Å². The van der Waals surface area contributed by atoms with E-state index in [-0.39, 0.29) is 11.1 Å². The van der Waals surface area contributed by atoms with Crippen LogP contribution >= 0.6 is 63.0 Å². The Bertz CT molecular complexity index is 2680. The quantitative estimate of drug-likeness (QED) is 0.0572. The van der Waals surface area contributed by atoms with Gasteiger partial charge in [-0.25, -0.2) is 0 Å². The lowest BCUT2D eigenvalue weighted by Crippen LogP contribution is -2.08. The molecule has 0 aliphatic rings. The number of nitrogens with zero attached hydrogens (tertiary/aromatic N) is 8. The Balaban J connectivity index is 0.000000155. The van der Waals surface area contributed by atoms with Gasteiger partial charge in [-0.3, -0.25) is 9.59 Å². The van der Waals surface area contributed by atoms with Crippen LogP contribution < -0.4 is 11.1 Å². The van der Waals surface area contributed by atoms with Crippen LogP contribution in [0, 0.1) is 22.7 Å². The van der Waals surface area contributed by atoms with Crippen molar-refractivity contribution in [2.45, 2.75) is 21.1 Å². The van der Waals surface area contributed by atoms with Crippen molar-refractivity contribution >= 4 is 63.0 Å². The van der Waals surface area contributed by atoms with Crippen molar-refractivity contribution in [3.05, 3.63) is 137 Å². The van der Waals surface area contributed by atoms with Crippen LogP contribution in [0.3, 0.4) is 0 Å². The number of aromatic amines is 4. The Kier molecular flexibility index (Phi) is 13.3. The maximum Gasteiger partial charge on any atom is 0.249 e. The van der Waals surface area contributed by atoms with E-state index in [9.17, 15) is 14.9 Å². The predicted octanol–water partition coefficient (Wildman–Crippen LogP) is 7.47. The molecule has 55 heavy (non-hydrogen) atoms. The minimum Gasteiger partial charge on any atom is -0.316 e. The van der Waals surface area contributed by atoms with Crippen LogP contribution in [0.15, 0.2) is 114 Å². The van der Waals surface area contributed by atoms with Gasteiger partial charge in [0.1, 0.15) is 12.1 Å². The summed E-state index contributed by atoms with van der Waals surface area (Å²) in [4.78, 5) is 28.6. The molecule has 2 aromatic carbocycles. The third kappa shape index (κ3) is 9.97. The largest absolute Gasteiger partial charge is 0.316 e. The van der Waals surface area contributed by atoms with E-state index in [0.717, 1.165) is 33.1 Å². The first-order valence-electron chi connectivity index (χ1n) is 15.8. The number of H-pyrrole nitrogens is 4. The summed E-state index contributed by atoms with van der Waals surface area (Å²) in [5, 5.41) is 55.7. The number of halogens is 1. The van der Waals surface area contributed by atoms with Gasteiger partial charge >= 0.3 is 0 Å². The number of thiol groups is 1. The van der Waals surface area contributed by atoms with Crippen LogP contribution in [0.5, 0.6) is 0 Å². The Hall–Kier alpha value is -5.96. The molecule has 8 aromatic rings. The second-order valence-corrected chi connectivity index (χ2v) is 14.6. The summed E-state index contributed by atoms with van der Waals surface area (Å²) in [7, 11) is 0. The molecule has 0 unspecified atom stereocenters. The molecule has 0 spiro atoms. The average Bonchev–Trinajstić information content (AvgIpc) is 4.06. The number of hydrogen-bond acceptors (Lipinski definition) is 14. The van der Waals surface area contributed by atoms with Crippen molar-refractivity contribution < 1.29 is 0 Å². The Labute approximate surface area is 338 Å². The number of aromatic nitrogens is 10. The van der Waals surface area contributed by atoms with Crippen LogP contribution in [0.1, 0.15) is 22.3 Å².